The standard InChI is InChI=1S/C27H23FN2O5/c28-24-20(25(31)29-13-15-12-21(15)26(32)33)10-5-11-23(24)30-27(34)35-14-22-18-8-3-1-6-16(18)17-7-2-4-9-19(17)22/h1-11,15,21-22H,12-14H2,(H,29,31)(H,30,34)(H,32,33)/t15-,21-/m1/s1. The van der Waals surface area contributed by atoms with E-state index in [-0.39, 0.29) is 36.2 Å². The summed E-state index contributed by atoms with van der Waals surface area (Å²) in [5, 5.41) is 13.9. The monoisotopic (exact) mass is 474 g/mol. The van der Waals surface area contributed by atoms with Gasteiger partial charge in [-0.1, -0.05) is 54.6 Å². The second-order valence-corrected chi connectivity index (χ2v) is 8.77. The van der Waals surface area contributed by atoms with Crippen molar-refractivity contribution >= 4 is 23.7 Å². The van der Waals surface area contributed by atoms with Gasteiger partial charge < -0.3 is 15.2 Å². The lowest BCUT2D eigenvalue weighted by Gasteiger charge is -2.15. The van der Waals surface area contributed by atoms with E-state index in [0.29, 0.717) is 6.42 Å². The summed E-state index contributed by atoms with van der Waals surface area (Å²) < 4.78 is 20.4. The van der Waals surface area contributed by atoms with Gasteiger partial charge in [0.1, 0.15) is 6.61 Å². The highest BCUT2D eigenvalue weighted by Gasteiger charge is 2.43. The van der Waals surface area contributed by atoms with Crippen molar-refractivity contribution in [3.8, 4) is 11.1 Å². The second kappa shape index (κ2) is 9.21. The number of fused-ring (bicyclic) bond motifs is 3. The second-order valence-electron chi connectivity index (χ2n) is 8.77. The van der Waals surface area contributed by atoms with Crippen LogP contribution in [0, 0.1) is 17.7 Å². The van der Waals surface area contributed by atoms with Crippen molar-refractivity contribution in [3.63, 3.8) is 0 Å². The van der Waals surface area contributed by atoms with Crippen molar-refractivity contribution in [2.24, 2.45) is 11.8 Å². The highest BCUT2D eigenvalue weighted by Crippen LogP contribution is 2.44. The first-order valence-electron chi connectivity index (χ1n) is 11.4. The molecule has 3 aromatic rings. The van der Waals surface area contributed by atoms with E-state index in [1.54, 1.807) is 0 Å². The molecule has 8 heteroatoms. The number of halogens is 1. The van der Waals surface area contributed by atoms with Crippen LogP contribution in [0.25, 0.3) is 11.1 Å². The van der Waals surface area contributed by atoms with Crippen LogP contribution < -0.4 is 10.6 Å². The Bertz CT molecular complexity index is 1280. The Balaban J connectivity index is 1.22. The smallest absolute Gasteiger partial charge is 0.411 e. The van der Waals surface area contributed by atoms with E-state index in [2.05, 4.69) is 10.6 Å². The molecule has 35 heavy (non-hydrogen) atoms. The summed E-state index contributed by atoms with van der Waals surface area (Å²) in [6, 6.07) is 20.0. The molecule has 2 amide bonds. The molecule has 0 heterocycles. The van der Waals surface area contributed by atoms with Crippen molar-refractivity contribution < 1.29 is 28.6 Å². The van der Waals surface area contributed by atoms with E-state index in [1.807, 2.05) is 48.5 Å². The highest BCUT2D eigenvalue weighted by atomic mass is 19.1. The van der Waals surface area contributed by atoms with Gasteiger partial charge in [-0.15, -0.1) is 0 Å². The molecule has 0 bridgehead atoms. The molecular weight excluding hydrogens is 451 g/mol. The van der Waals surface area contributed by atoms with E-state index < -0.39 is 29.7 Å². The first kappa shape index (κ1) is 22.6. The molecule has 3 N–H and O–H groups in total. The van der Waals surface area contributed by atoms with Gasteiger partial charge >= 0.3 is 12.1 Å². The molecule has 0 unspecified atom stereocenters. The topological polar surface area (TPSA) is 105 Å². The fourth-order valence-electron chi connectivity index (χ4n) is 4.64. The number of nitrogens with one attached hydrogen (secondary N) is 2. The molecule has 2 atom stereocenters. The number of carboxylic acids is 1. The molecule has 0 aliphatic heterocycles. The number of rotatable bonds is 7. The Kier molecular flexibility index (Phi) is 5.94. The van der Waals surface area contributed by atoms with Gasteiger partial charge in [-0.25, -0.2) is 9.18 Å². The Morgan fingerprint density at radius 2 is 1.60 bits per heavy atom. The number of carboxylic acid groups (broad SMARTS) is 1. The number of aliphatic carboxylic acids is 1. The van der Waals surface area contributed by atoms with Gasteiger partial charge in [0.05, 0.1) is 17.2 Å². The van der Waals surface area contributed by atoms with E-state index in [0.717, 1.165) is 22.3 Å². The molecule has 178 valence electrons. The SMILES string of the molecule is O=C(Nc1cccc(C(=O)NC[C@H]2C[C@H]2C(=O)O)c1F)OCC1c2ccccc2-c2ccccc21. The molecule has 1 saturated carbocycles. The molecule has 0 aromatic heterocycles. The maximum atomic E-state index is 14.9. The van der Waals surface area contributed by atoms with Crippen LogP contribution in [0.4, 0.5) is 14.9 Å². The predicted molar refractivity (Wildman–Crippen MR) is 127 cm³/mol. The molecule has 5 rings (SSSR count). The molecule has 2 aliphatic rings. The van der Waals surface area contributed by atoms with Crippen LogP contribution in [0.2, 0.25) is 0 Å². The van der Waals surface area contributed by atoms with Crippen LogP contribution in [-0.2, 0) is 9.53 Å². The average molecular weight is 474 g/mol. The minimum Gasteiger partial charge on any atom is -0.481 e. The van der Waals surface area contributed by atoms with E-state index >= 15 is 0 Å². The summed E-state index contributed by atoms with van der Waals surface area (Å²) in [4.78, 5) is 35.8. The van der Waals surface area contributed by atoms with Crippen molar-refractivity contribution in [2.75, 3.05) is 18.5 Å². The zero-order valence-corrected chi connectivity index (χ0v) is 18.7. The molecule has 0 radical (unpaired) electrons. The third-order valence-electron chi connectivity index (χ3n) is 6.59. The zero-order valence-electron chi connectivity index (χ0n) is 18.7. The molecule has 2 aliphatic carbocycles. The lowest BCUT2D eigenvalue weighted by atomic mass is 9.98. The number of hydrogen-bond acceptors (Lipinski definition) is 4. The molecule has 0 saturated heterocycles. The van der Waals surface area contributed by atoms with Gasteiger partial charge in [0.2, 0.25) is 0 Å². The maximum Gasteiger partial charge on any atom is 0.411 e. The van der Waals surface area contributed by atoms with Gasteiger partial charge in [0.25, 0.3) is 5.91 Å². The lowest BCUT2D eigenvalue weighted by Crippen LogP contribution is -2.28. The summed E-state index contributed by atoms with van der Waals surface area (Å²) in [5.41, 5.74) is 3.91. The van der Waals surface area contributed by atoms with Gasteiger partial charge in [-0.05, 0) is 46.7 Å². The van der Waals surface area contributed by atoms with Gasteiger partial charge in [-0.2, -0.15) is 0 Å². The summed E-state index contributed by atoms with van der Waals surface area (Å²) in [6.07, 6.45) is -0.341. The van der Waals surface area contributed by atoms with Crippen molar-refractivity contribution in [2.45, 2.75) is 12.3 Å². The molecule has 3 aromatic carbocycles. The Labute approximate surface area is 200 Å². The normalized spacial score (nSPS) is 17.7. The number of benzene rings is 3. The average Bonchev–Trinajstić information content (AvgIpc) is 3.58. The summed E-state index contributed by atoms with van der Waals surface area (Å²) in [5.74, 6) is -3.21. The van der Waals surface area contributed by atoms with Crippen LogP contribution in [0.3, 0.4) is 0 Å². The third kappa shape index (κ3) is 4.47. The highest BCUT2D eigenvalue weighted by molar-refractivity contribution is 5.96. The lowest BCUT2D eigenvalue weighted by molar-refractivity contribution is -0.138. The first-order valence-corrected chi connectivity index (χ1v) is 11.4. The summed E-state index contributed by atoms with van der Waals surface area (Å²) in [6.45, 7) is 0.229. The molecule has 1 fully saturated rings. The fraction of sp³-hybridized carbons (Fsp3) is 0.222. The Morgan fingerprint density at radius 1 is 0.943 bits per heavy atom. The number of carbonyl (C=O) groups excluding carboxylic acids is 2. The molecule has 7 nitrogen and oxygen atoms in total. The van der Waals surface area contributed by atoms with E-state index in [1.165, 1.54) is 18.2 Å². The van der Waals surface area contributed by atoms with Crippen LogP contribution in [0.1, 0.15) is 33.8 Å². The Hall–Kier alpha value is -4.20. The number of hydrogen-bond donors (Lipinski definition) is 3. The third-order valence-corrected chi connectivity index (χ3v) is 6.59. The molecule has 0 spiro atoms. The van der Waals surface area contributed by atoms with Crippen molar-refractivity contribution in [3.05, 3.63) is 89.2 Å². The zero-order chi connectivity index (χ0) is 24.5. The van der Waals surface area contributed by atoms with Gasteiger partial charge in [-0.3, -0.25) is 14.9 Å². The first-order chi connectivity index (χ1) is 16.9. The van der Waals surface area contributed by atoms with Gasteiger partial charge in [0, 0.05) is 12.5 Å². The van der Waals surface area contributed by atoms with Crippen LogP contribution >= 0.6 is 0 Å². The summed E-state index contributed by atoms with van der Waals surface area (Å²) in [7, 11) is 0. The largest absolute Gasteiger partial charge is 0.481 e. The minimum absolute atomic E-state index is 0.0772. The maximum absolute atomic E-state index is 14.9. The number of ether oxygens (including phenoxy) is 1. The van der Waals surface area contributed by atoms with E-state index in [4.69, 9.17) is 9.84 Å². The van der Waals surface area contributed by atoms with Crippen LogP contribution in [0.5, 0.6) is 0 Å². The number of amides is 2. The number of anilines is 1. The van der Waals surface area contributed by atoms with Gasteiger partial charge in [0.15, 0.2) is 5.82 Å². The quantitative estimate of drug-likeness (QED) is 0.463. The van der Waals surface area contributed by atoms with Crippen LogP contribution in [-0.4, -0.2) is 36.2 Å². The summed E-state index contributed by atoms with van der Waals surface area (Å²) >= 11 is 0. The minimum atomic E-state index is -0.898. The Morgan fingerprint density at radius 3 is 2.23 bits per heavy atom. The predicted octanol–water partition coefficient (Wildman–Crippen LogP) is 4.64. The van der Waals surface area contributed by atoms with Crippen molar-refractivity contribution in [1.29, 1.82) is 0 Å². The number of carbonyl (C=O) groups is 3. The van der Waals surface area contributed by atoms with Crippen LogP contribution in [0.15, 0.2) is 66.7 Å². The van der Waals surface area contributed by atoms with E-state index in [9.17, 15) is 18.8 Å². The molecular formula is C27H23FN2O5. The van der Waals surface area contributed by atoms with Crippen molar-refractivity contribution in [1.82, 2.24) is 5.32 Å². The fourth-order valence-corrected chi connectivity index (χ4v) is 4.64.